The number of hydrogen-bond acceptors (Lipinski definition) is 3. The molecule has 3 heteroatoms. The van der Waals surface area contributed by atoms with Crippen LogP contribution in [0.1, 0.15) is 5.56 Å². The fourth-order valence-corrected chi connectivity index (χ4v) is 1.99. The molecule has 1 saturated heterocycles. The van der Waals surface area contributed by atoms with Gasteiger partial charge in [-0.25, -0.2) is 0 Å². The molecule has 3 nitrogen and oxygen atoms in total. The first-order valence-corrected chi connectivity index (χ1v) is 6.04. The summed E-state index contributed by atoms with van der Waals surface area (Å²) in [5, 5.41) is 9.23. The summed E-state index contributed by atoms with van der Waals surface area (Å²) in [4.78, 5) is 2.25. The van der Waals surface area contributed by atoms with Crippen LogP contribution in [-0.4, -0.2) is 49.0 Å². The van der Waals surface area contributed by atoms with Gasteiger partial charge in [0.15, 0.2) is 0 Å². The van der Waals surface area contributed by atoms with E-state index in [0.29, 0.717) is 6.61 Å². The number of aliphatic hydroxyl groups excluding tert-OH is 1. The third-order valence-electron chi connectivity index (χ3n) is 3.01. The minimum atomic E-state index is 0.143. The lowest BCUT2D eigenvalue weighted by atomic mass is 10.2. The fourth-order valence-electron chi connectivity index (χ4n) is 1.99. The highest BCUT2D eigenvalue weighted by Crippen LogP contribution is 2.07. The molecule has 1 atom stereocenters. The monoisotopic (exact) mass is 233 g/mol. The van der Waals surface area contributed by atoms with E-state index in [-0.39, 0.29) is 12.6 Å². The normalized spacial score (nSPS) is 22.1. The van der Waals surface area contributed by atoms with Crippen LogP contribution in [0.15, 0.2) is 36.4 Å². The van der Waals surface area contributed by atoms with Gasteiger partial charge in [-0.05, 0) is 5.56 Å². The lowest BCUT2D eigenvalue weighted by molar-refractivity contribution is -0.0218. The Labute approximate surface area is 102 Å². The standard InChI is InChI=1S/C14H19NO2/c16-11-14-12-17-10-9-15(14)8-4-7-13-5-2-1-3-6-13/h1-7,14,16H,8-12H2/b7-4+. The SMILES string of the molecule is OCC1COCCN1C/C=C/c1ccccc1. The predicted octanol–water partition coefficient (Wildman–Crippen LogP) is 1.39. The molecule has 1 aromatic carbocycles. The highest BCUT2D eigenvalue weighted by atomic mass is 16.5. The van der Waals surface area contributed by atoms with E-state index >= 15 is 0 Å². The zero-order chi connectivity index (χ0) is 11.9. The molecule has 0 aliphatic carbocycles. The zero-order valence-electron chi connectivity index (χ0n) is 9.96. The van der Waals surface area contributed by atoms with Crippen LogP contribution in [-0.2, 0) is 4.74 Å². The Balaban J connectivity index is 1.86. The molecule has 1 N–H and O–H groups in total. The highest BCUT2D eigenvalue weighted by Gasteiger charge is 2.20. The van der Waals surface area contributed by atoms with Crippen molar-refractivity contribution < 1.29 is 9.84 Å². The number of benzene rings is 1. The van der Waals surface area contributed by atoms with Gasteiger partial charge in [0.05, 0.1) is 25.9 Å². The van der Waals surface area contributed by atoms with Gasteiger partial charge >= 0.3 is 0 Å². The van der Waals surface area contributed by atoms with Gasteiger partial charge < -0.3 is 9.84 Å². The predicted molar refractivity (Wildman–Crippen MR) is 68.7 cm³/mol. The molecule has 0 bridgehead atoms. The van der Waals surface area contributed by atoms with Gasteiger partial charge in [0.2, 0.25) is 0 Å². The van der Waals surface area contributed by atoms with Crippen molar-refractivity contribution in [3.8, 4) is 0 Å². The van der Waals surface area contributed by atoms with Crippen LogP contribution in [0.2, 0.25) is 0 Å². The molecule has 0 amide bonds. The average Bonchev–Trinajstić information content (AvgIpc) is 2.40. The van der Waals surface area contributed by atoms with E-state index in [9.17, 15) is 5.11 Å². The largest absolute Gasteiger partial charge is 0.395 e. The topological polar surface area (TPSA) is 32.7 Å². The maximum Gasteiger partial charge on any atom is 0.0644 e. The molecule has 1 unspecified atom stereocenters. The fraction of sp³-hybridized carbons (Fsp3) is 0.429. The Morgan fingerprint density at radius 3 is 2.94 bits per heavy atom. The summed E-state index contributed by atoms with van der Waals surface area (Å²) < 4.78 is 5.34. The van der Waals surface area contributed by atoms with Crippen molar-refractivity contribution in [3.05, 3.63) is 42.0 Å². The minimum Gasteiger partial charge on any atom is -0.395 e. The molecular formula is C14H19NO2. The molecule has 0 spiro atoms. The van der Waals surface area contributed by atoms with E-state index in [0.717, 1.165) is 19.7 Å². The molecule has 1 aliphatic heterocycles. The van der Waals surface area contributed by atoms with Gasteiger partial charge in [0.25, 0.3) is 0 Å². The minimum absolute atomic E-state index is 0.143. The van der Waals surface area contributed by atoms with Crippen molar-refractivity contribution in [3.63, 3.8) is 0 Å². The second-order valence-electron chi connectivity index (χ2n) is 4.22. The van der Waals surface area contributed by atoms with E-state index in [2.05, 4.69) is 29.2 Å². The lowest BCUT2D eigenvalue weighted by Crippen LogP contribution is -2.47. The van der Waals surface area contributed by atoms with Gasteiger partial charge in [-0.15, -0.1) is 0 Å². The average molecular weight is 233 g/mol. The van der Waals surface area contributed by atoms with Crippen molar-refractivity contribution in [1.29, 1.82) is 0 Å². The van der Waals surface area contributed by atoms with E-state index in [1.807, 2.05) is 18.2 Å². The number of morpholine rings is 1. The molecule has 92 valence electrons. The molecule has 17 heavy (non-hydrogen) atoms. The van der Waals surface area contributed by atoms with E-state index < -0.39 is 0 Å². The van der Waals surface area contributed by atoms with Crippen molar-refractivity contribution in [2.45, 2.75) is 6.04 Å². The first-order valence-electron chi connectivity index (χ1n) is 6.04. The summed E-state index contributed by atoms with van der Waals surface area (Å²) in [6.45, 7) is 3.32. The molecule has 0 saturated carbocycles. The van der Waals surface area contributed by atoms with E-state index in [1.165, 1.54) is 5.56 Å². The Kier molecular flexibility index (Phi) is 4.74. The molecule has 1 fully saturated rings. The maximum atomic E-state index is 9.23. The summed E-state index contributed by atoms with van der Waals surface area (Å²) in [5.74, 6) is 0. The number of ether oxygens (including phenoxy) is 1. The van der Waals surface area contributed by atoms with Gasteiger partial charge in [-0.1, -0.05) is 42.5 Å². The van der Waals surface area contributed by atoms with Crippen LogP contribution in [0.25, 0.3) is 6.08 Å². The van der Waals surface area contributed by atoms with E-state index in [1.54, 1.807) is 0 Å². The van der Waals surface area contributed by atoms with Crippen LogP contribution in [0, 0.1) is 0 Å². The summed E-state index contributed by atoms with van der Waals surface area (Å²) in [5.41, 5.74) is 1.21. The lowest BCUT2D eigenvalue weighted by Gasteiger charge is -2.33. The molecule has 1 aliphatic rings. The third kappa shape index (κ3) is 3.66. The quantitative estimate of drug-likeness (QED) is 0.853. The third-order valence-corrected chi connectivity index (χ3v) is 3.01. The molecule has 0 radical (unpaired) electrons. The van der Waals surface area contributed by atoms with Crippen LogP contribution < -0.4 is 0 Å². The van der Waals surface area contributed by atoms with Gasteiger partial charge in [-0.3, -0.25) is 4.90 Å². The Morgan fingerprint density at radius 1 is 1.35 bits per heavy atom. The first-order chi connectivity index (χ1) is 8.40. The van der Waals surface area contributed by atoms with Crippen LogP contribution >= 0.6 is 0 Å². The second-order valence-corrected chi connectivity index (χ2v) is 4.22. The Morgan fingerprint density at radius 2 is 2.18 bits per heavy atom. The number of rotatable bonds is 4. The molecule has 1 heterocycles. The van der Waals surface area contributed by atoms with Crippen LogP contribution in [0.5, 0.6) is 0 Å². The Hall–Kier alpha value is -1.16. The first kappa shape index (κ1) is 12.3. The van der Waals surface area contributed by atoms with Crippen molar-refractivity contribution in [2.24, 2.45) is 0 Å². The maximum absolute atomic E-state index is 9.23. The zero-order valence-corrected chi connectivity index (χ0v) is 9.96. The van der Waals surface area contributed by atoms with Crippen molar-refractivity contribution in [1.82, 2.24) is 4.90 Å². The summed E-state index contributed by atoms with van der Waals surface area (Å²) >= 11 is 0. The van der Waals surface area contributed by atoms with Crippen LogP contribution in [0.3, 0.4) is 0 Å². The molecule has 0 aromatic heterocycles. The number of nitrogens with zero attached hydrogens (tertiary/aromatic N) is 1. The second kappa shape index (κ2) is 6.55. The number of hydrogen-bond donors (Lipinski definition) is 1. The highest BCUT2D eigenvalue weighted by molar-refractivity contribution is 5.48. The summed E-state index contributed by atoms with van der Waals surface area (Å²) in [7, 11) is 0. The molecule has 1 aromatic rings. The summed E-state index contributed by atoms with van der Waals surface area (Å²) in [6.07, 6.45) is 4.26. The smallest absolute Gasteiger partial charge is 0.0644 e. The Bertz CT molecular complexity index is 350. The van der Waals surface area contributed by atoms with Crippen molar-refractivity contribution >= 4 is 6.08 Å². The van der Waals surface area contributed by atoms with E-state index in [4.69, 9.17) is 4.74 Å². The molecule has 2 rings (SSSR count). The van der Waals surface area contributed by atoms with Gasteiger partial charge in [0, 0.05) is 13.1 Å². The van der Waals surface area contributed by atoms with Gasteiger partial charge in [0.1, 0.15) is 0 Å². The number of aliphatic hydroxyl groups is 1. The molecular weight excluding hydrogens is 214 g/mol. The summed E-state index contributed by atoms with van der Waals surface area (Å²) in [6, 6.07) is 10.4. The van der Waals surface area contributed by atoms with Gasteiger partial charge in [-0.2, -0.15) is 0 Å². The van der Waals surface area contributed by atoms with Crippen LogP contribution in [0.4, 0.5) is 0 Å². The van der Waals surface area contributed by atoms with Crippen molar-refractivity contribution in [2.75, 3.05) is 32.9 Å².